The van der Waals surface area contributed by atoms with Gasteiger partial charge in [-0.15, -0.1) is 0 Å². The van der Waals surface area contributed by atoms with Gasteiger partial charge in [0.1, 0.15) is 0 Å². The lowest BCUT2D eigenvalue weighted by molar-refractivity contribution is -0.115. The summed E-state index contributed by atoms with van der Waals surface area (Å²) < 4.78 is 11.1. The lowest BCUT2D eigenvalue weighted by Crippen LogP contribution is -2.19. The van der Waals surface area contributed by atoms with Crippen LogP contribution in [0.25, 0.3) is 6.08 Å². The smallest absolute Gasteiger partial charge is 0.338 e. The Hall–Kier alpha value is -2.30. The number of carbonyl (C=O) groups is 2. The first kappa shape index (κ1) is 22.4. The van der Waals surface area contributed by atoms with Crippen LogP contribution in [-0.4, -0.2) is 35.9 Å². The largest absolute Gasteiger partial charge is 0.503 e. The molecule has 1 fully saturated rings. The highest BCUT2D eigenvalue weighted by Crippen LogP contribution is 2.43. The van der Waals surface area contributed by atoms with Gasteiger partial charge >= 0.3 is 5.97 Å². The van der Waals surface area contributed by atoms with Crippen LogP contribution >= 0.6 is 43.6 Å². The van der Waals surface area contributed by atoms with E-state index in [0.29, 0.717) is 42.4 Å². The van der Waals surface area contributed by atoms with Crippen molar-refractivity contribution >= 4 is 72.4 Å². The number of esters is 1. The fourth-order valence-electron chi connectivity index (χ4n) is 2.50. The molecule has 0 aliphatic carbocycles. The lowest BCUT2D eigenvalue weighted by Gasteiger charge is -2.10. The summed E-state index contributed by atoms with van der Waals surface area (Å²) in [4.78, 5) is 28.9. The number of hydrogen-bond donors (Lipinski definition) is 2. The number of hydrogen-bond acceptors (Lipinski definition) is 7. The molecule has 1 heterocycles. The normalized spacial score (nSPS) is 16.1. The van der Waals surface area contributed by atoms with Crippen molar-refractivity contribution in [2.45, 2.75) is 6.92 Å². The van der Waals surface area contributed by atoms with E-state index in [9.17, 15) is 14.7 Å². The van der Waals surface area contributed by atoms with Crippen molar-refractivity contribution < 1.29 is 24.2 Å². The van der Waals surface area contributed by atoms with Crippen molar-refractivity contribution in [3.63, 3.8) is 0 Å². The number of benzene rings is 2. The number of amidine groups is 1. The maximum Gasteiger partial charge on any atom is 0.338 e. The third-order valence-electron chi connectivity index (χ3n) is 3.94. The average molecular weight is 556 g/mol. The second kappa shape index (κ2) is 9.67. The molecule has 0 bridgehead atoms. The Morgan fingerprint density at radius 1 is 1.27 bits per heavy atom. The molecule has 0 atom stereocenters. The second-order valence-electron chi connectivity index (χ2n) is 5.89. The number of phenolic OH excluding ortho intramolecular Hbond substituents is 1. The van der Waals surface area contributed by atoms with E-state index in [1.165, 1.54) is 18.9 Å². The first-order valence-electron chi connectivity index (χ1n) is 8.65. The van der Waals surface area contributed by atoms with E-state index >= 15 is 0 Å². The number of methoxy groups -OCH3 is 1. The number of aromatic hydroxyl groups is 1. The average Bonchev–Trinajstić information content (AvgIpc) is 3.07. The Morgan fingerprint density at radius 2 is 1.97 bits per heavy atom. The number of phenols is 1. The van der Waals surface area contributed by atoms with Gasteiger partial charge in [-0.3, -0.25) is 4.79 Å². The maximum absolute atomic E-state index is 12.4. The standard InChI is InChI=1S/C20H16Br2N2O5S/c1-3-29-19(27)10-4-6-12(7-5-10)23-20-24-18(26)14(30-20)9-11-8-13(28-2)17(25)16(22)15(11)21/h4-9,25H,3H2,1-2H3,(H,23,24,26). The number of halogens is 2. The summed E-state index contributed by atoms with van der Waals surface area (Å²) in [6.45, 7) is 2.05. The third-order valence-corrected chi connectivity index (χ3v) is 7.01. The predicted octanol–water partition coefficient (Wildman–Crippen LogP) is 4.99. The zero-order chi connectivity index (χ0) is 21.8. The maximum atomic E-state index is 12.4. The first-order valence-corrected chi connectivity index (χ1v) is 11.1. The number of rotatable bonds is 5. The molecule has 0 radical (unpaired) electrons. The van der Waals surface area contributed by atoms with Crippen molar-refractivity contribution in [3.05, 3.63) is 55.3 Å². The van der Waals surface area contributed by atoms with Crippen LogP contribution in [0.1, 0.15) is 22.8 Å². The van der Waals surface area contributed by atoms with E-state index in [0.717, 1.165) is 0 Å². The summed E-state index contributed by atoms with van der Waals surface area (Å²) in [5.41, 5.74) is 1.66. The van der Waals surface area contributed by atoms with Crippen LogP contribution in [0.5, 0.6) is 11.5 Å². The molecule has 10 heteroatoms. The van der Waals surface area contributed by atoms with E-state index < -0.39 is 5.97 Å². The van der Waals surface area contributed by atoms with Crippen LogP contribution in [0.15, 0.2) is 49.2 Å². The highest BCUT2D eigenvalue weighted by molar-refractivity contribution is 9.13. The molecule has 2 aromatic carbocycles. The third kappa shape index (κ3) is 4.88. The minimum absolute atomic E-state index is 0.0384. The van der Waals surface area contributed by atoms with Crippen molar-refractivity contribution in [2.24, 2.45) is 4.99 Å². The van der Waals surface area contributed by atoms with E-state index in [1.54, 1.807) is 43.3 Å². The number of nitrogens with one attached hydrogen (secondary N) is 1. The molecule has 156 valence electrons. The minimum atomic E-state index is -0.397. The summed E-state index contributed by atoms with van der Waals surface area (Å²) in [5.74, 6) is -0.456. The van der Waals surface area contributed by atoms with Crippen LogP contribution in [0, 0.1) is 0 Å². The summed E-state index contributed by atoms with van der Waals surface area (Å²) in [7, 11) is 1.45. The molecule has 0 saturated carbocycles. The van der Waals surface area contributed by atoms with E-state index in [1.807, 2.05) is 0 Å². The quantitative estimate of drug-likeness (QED) is 0.398. The Labute approximate surface area is 193 Å². The molecule has 1 aliphatic rings. The Balaban J connectivity index is 1.83. The molecule has 1 saturated heterocycles. The molecule has 0 spiro atoms. The molecule has 1 aliphatic heterocycles. The van der Waals surface area contributed by atoms with E-state index in [-0.39, 0.29) is 17.4 Å². The topological polar surface area (TPSA) is 97.2 Å². The first-order chi connectivity index (χ1) is 14.3. The Morgan fingerprint density at radius 3 is 2.60 bits per heavy atom. The van der Waals surface area contributed by atoms with Gasteiger partial charge in [0.05, 0.1) is 34.3 Å². The summed E-state index contributed by atoms with van der Waals surface area (Å²) in [5, 5.41) is 13.2. The Bertz CT molecular complexity index is 1070. The lowest BCUT2D eigenvalue weighted by atomic mass is 10.2. The molecule has 0 unspecified atom stereocenters. The van der Waals surface area contributed by atoms with Gasteiger partial charge in [0, 0.05) is 4.47 Å². The number of amides is 1. The van der Waals surface area contributed by atoms with Gasteiger partial charge in [-0.2, -0.15) is 0 Å². The predicted molar refractivity (Wildman–Crippen MR) is 123 cm³/mol. The fraction of sp³-hybridized carbons (Fsp3) is 0.150. The number of aliphatic imine (C=N–C) groups is 1. The van der Waals surface area contributed by atoms with Crippen LogP contribution in [-0.2, 0) is 9.53 Å². The summed E-state index contributed by atoms with van der Waals surface area (Å²) in [6, 6.07) is 8.20. The molecule has 3 rings (SSSR count). The highest BCUT2D eigenvalue weighted by atomic mass is 79.9. The van der Waals surface area contributed by atoms with Crippen molar-refractivity contribution in [3.8, 4) is 11.5 Å². The molecule has 2 aromatic rings. The van der Waals surface area contributed by atoms with Gasteiger partial charge in [0.2, 0.25) is 0 Å². The molecule has 2 N–H and O–H groups in total. The SMILES string of the molecule is CCOC(=O)c1ccc(N=C2NC(=O)C(=Cc3cc(OC)c(O)c(Br)c3Br)S2)cc1. The fourth-order valence-corrected chi connectivity index (χ4v) is 4.17. The second-order valence-corrected chi connectivity index (χ2v) is 8.51. The molecule has 7 nitrogen and oxygen atoms in total. The molecular weight excluding hydrogens is 540 g/mol. The molecule has 30 heavy (non-hydrogen) atoms. The number of ether oxygens (including phenoxy) is 2. The monoisotopic (exact) mass is 554 g/mol. The van der Waals surface area contributed by atoms with Crippen LogP contribution in [0.4, 0.5) is 5.69 Å². The summed E-state index contributed by atoms with van der Waals surface area (Å²) >= 11 is 7.88. The zero-order valence-electron chi connectivity index (χ0n) is 15.9. The van der Waals surface area contributed by atoms with Crippen molar-refractivity contribution in [2.75, 3.05) is 13.7 Å². The Kier molecular flexibility index (Phi) is 7.22. The van der Waals surface area contributed by atoms with Crippen LogP contribution in [0.2, 0.25) is 0 Å². The minimum Gasteiger partial charge on any atom is -0.503 e. The van der Waals surface area contributed by atoms with Gasteiger partial charge < -0.3 is 19.9 Å². The number of carbonyl (C=O) groups excluding carboxylic acids is 2. The van der Waals surface area contributed by atoms with Gasteiger partial charge in [0.15, 0.2) is 16.7 Å². The number of nitrogens with zero attached hydrogens (tertiary/aromatic N) is 1. The zero-order valence-corrected chi connectivity index (χ0v) is 19.9. The van der Waals surface area contributed by atoms with Crippen LogP contribution in [0.3, 0.4) is 0 Å². The molecular formula is C20H16Br2N2O5S. The number of thioether (sulfide) groups is 1. The van der Waals surface area contributed by atoms with Gasteiger partial charge in [-0.1, -0.05) is 0 Å². The van der Waals surface area contributed by atoms with Crippen LogP contribution < -0.4 is 10.1 Å². The van der Waals surface area contributed by atoms with E-state index in [4.69, 9.17) is 9.47 Å². The van der Waals surface area contributed by atoms with Gasteiger partial charge in [0.25, 0.3) is 5.91 Å². The van der Waals surface area contributed by atoms with Gasteiger partial charge in [-0.05, 0) is 92.5 Å². The van der Waals surface area contributed by atoms with Gasteiger partial charge in [-0.25, -0.2) is 9.79 Å². The van der Waals surface area contributed by atoms with E-state index in [2.05, 4.69) is 42.2 Å². The molecule has 0 aromatic heterocycles. The van der Waals surface area contributed by atoms with Crippen molar-refractivity contribution in [1.82, 2.24) is 5.32 Å². The summed E-state index contributed by atoms with van der Waals surface area (Å²) in [6.07, 6.45) is 1.67. The molecule has 1 amide bonds. The highest BCUT2D eigenvalue weighted by Gasteiger charge is 2.25. The van der Waals surface area contributed by atoms with Crippen molar-refractivity contribution in [1.29, 1.82) is 0 Å².